The molecule has 1 saturated heterocycles. The molecule has 1 aliphatic heterocycles. The maximum atomic E-state index is 11.8. The summed E-state index contributed by atoms with van der Waals surface area (Å²) >= 11 is 0. The molecule has 4 heteroatoms. The van der Waals surface area contributed by atoms with Gasteiger partial charge in [0, 0.05) is 12.8 Å². The molecule has 1 aliphatic carbocycles. The quantitative estimate of drug-likeness (QED) is 0.731. The van der Waals surface area contributed by atoms with Crippen LogP contribution in [0.4, 0.5) is 4.79 Å². The van der Waals surface area contributed by atoms with Crippen LogP contribution in [0, 0.1) is 11.8 Å². The molecular weight excluding hydrogens is 276 g/mol. The number of hydrogen-bond acceptors (Lipinski definition) is 3. The molecular formula is C18H32N2O2. The first-order valence-corrected chi connectivity index (χ1v) is 8.93. The zero-order chi connectivity index (χ0) is 16.0. The molecule has 0 aromatic heterocycles. The van der Waals surface area contributed by atoms with Crippen LogP contribution in [0.5, 0.6) is 0 Å². The molecule has 126 valence electrons. The van der Waals surface area contributed by atoms with Gasteiger partial charge in [0.25, 0.3) is 0 Å². The van der Waals surface area contributed by atoms with Crippen molar-refractivity contribution < 1.29 is 9.53 Å². The van der Waals surface area contributed by atoms with Crippen molar-refractivity contribution in [3.63, 3.8) is 0 Å². The molecule has 2 rings (SSSR count). The van der Waals surface area contributed by atoms with Gasteiger partial charge in [0.2, 0.25) is 0 Å². The maximum Gasteiger partial charge on any atom is 0.433 e. The van der Waals surface area contributed by atoms with Gasteiger partial charge in [-0.25, -0.2) is 4.79 Å². The highest BCUT2D eigenvalue weighted by Gasteiger charge is 2.26. The zero-order valence-corrected chi connectivity index (χ0v) is 14.5. The van der Waals surface area contributed by atoms with Gasteiger partial charge in [-0.1, -0.05) is 19.3 Å². The molecule has 0 spiro atoms. The number of piperidine rings is 1. The summed E-state index contributed by atoms with van der Waals surface area (Å²) in [5, 5.41) is 0. The van der Waals surface area contributed by atoms with Gasteiger partial charge in [0.1, 0.15) is 5.60 Å². The van der Waals surface area contributed by atoms with Gasteiger partial charge in [0.15, 0.2) is 0 Å². The topological polar surface area (TPSA) is 41.9 Å². The van der Waals surface area contributed by atoms with Crippen molar-refractivity contribution in [1.29, 1.82) is 0 Å². The number of rotatable bonds is 3. The van der Waals surface area contributed by atoms with Crippen molar-refractivity contribution in [3.05, 3.63) is 0 Å². The third-order valence-corrected chi connectivity index (χ3v) is 4.67. The summed E-state index contributed by atoms with van der Waals surface area (Å²) in [5.41, 5.74) is -0.464. The van der Waals surface area contributed by atoms with Crippen LogP contribution in [-0.4, -0.2) is 42.4 Å². The number of nitrogens with zero attached hydrogens (tertiary/aromatic N) is 2. The van der Waals surface area contributed by atoms with E-state index < -0.39 is 11.7 Å². The number of aliphatic imine (C=N–C) groups is 1. The zero-order valence-electron chi connectivity index (χ0n) is 14.5. The number of hydrogen-bond donors (Lipinski definition) is 0. The first-order chi connectivity index (χ1) is 10.4. The molecule has 1 amide bonds. The van der Waals surface area contributed by atoms with E-state index in [4.69, 9.17) is 4.74 Å². The predicted molar refractivity (Wildman–Crippen MR) is 90.5 cm³/mol. The molecule has 1 unspecified atom stereocenters. The van der Waals surface area contributed by atoms with Crippen molar-refractivity contribution in [2.24, 2.45) is 16.8 Å². The van der Waals surface area contributed by atoms with Crippen LogP contribution < -0.4 is 0 Å². The largest absolute Gasteiger partial charge is 0.442 e. The molecule has 0 radical (unpaired) electrons. The second-order valence-corrected chi connectivity index (χ2v) is 7.83. The van der Waals surface area contributed by atoms with E-state index in [-0.39, 0.29) is 0 Å². The lowest BCUT2D eigenvalue weighted by atomic mass is 9.79. The third-order valence-electron chi connectivity index (χ3n) is 4.67. The van der Waals surface area contributed by atoms with E-state index in [1.54, 1.807) is 0 Å². The Balaban J connectivity index is 1.87. The van der Waals surface area contributed by atoms with E-state index in [1.165, 1.54) is 58.2 Å². The molecule has 4 nitrogen and oxygen atoms in total. The Labute approximate surface area is 135 Å². The lowest BCUT2D eigenvalue weighted by Gasteiger charge is -2.35. The van der Waals surface area contributed by atoms with Gasteiger partial charge in [-0.15, -0.1) is 0 Å². The Morgan fingerprint density at radius 2 is 1.82 bits per heavy atom. The minimum atomic E-state index is -0.464. The molecule has 1 saturated carbocycles. The third kappa shape index (κ3) is 6.07. The number of amides is 1. The van der Waals surface area contributed by atoms with Crippen molar-refractivity contribution >= 4 is 12.3 Å². The van der Waals surface area contributed by atoms with Crippen molar-refractivity contribution in [2.75, 3.05) is 19.6 Å². The Morgan fingerprint density at radius 3 is 2.50 bits per heavy atom. The lowest BCUT2D eigenvalue weighted by molar-refractivity contribution is 0.0603. The molecule has 2 aliphatic rings. The average Bonchev–Trinajstić information content (AvgIpc) is 2.46. The van der Waals surface area contributed by atoms with Crippen molar-refractivity contribution in [2.45, 2.75) is 71.3 Å². The predicted octanol–water partition coefficient (Wildman–Crippen LogP) is 4.28. The first-order valence-electron chi connectivity index (χ1n) is 8.93. The van der Waals surface area contributed by atoms with Crippen LogP contribution in [0.2, 0.25) is 0 Å². The van der Waals surface area contributed by atoms with E-state index >= 15 is 0 Å². The number of carbonyl (C=O) groups is 1. The maximum absolute atomic E-state index is 11.8. The molecule has 0 N–H and O–H groups in total. The van der Waals surface area contributed by atoms with E-state index in [2.05, 4.69) is 9.89 Å². The second-order valence-electron chi connectivity index (χ2n) is 7.83. The Hall–Kier alpha value is -0.900. The van der Waals surface area contributed by atoms with Crippen LogP contribution in [0.3, 0.4) is 0 Å². The molecule has 2 fully saturated rings. The monoisotopic (exact) mass is 308 g/mol. The van der Waals surface area contributed by atoms with Crippen LogP contribution in [-0.2, 0) is 4.74 Å². The number of ether oxygens (including phenoxy) is 1. The van der Waals surface area contributed by atoms with Gasteiger partial charge < -0.3 is 9.64 Å². The summed E-state index contributed by atoms with van der Waals surface area (Å²) in [6, 6.07) is 0. The highest BCUT2D eigenvalue weighted by atomic mass is 16.6. The van der Waals surface area contributed by atoms with Gasteiger partial charge in [-0.05, 0) is 71.4 Å². The van der Waals surface area contributed by atoms with Gasteiger partial charge in [0.05, 0.1) is 0 Å². The molecule has 22 heavy (non-hydrogen) atoms. The Bertz CT molecular complexity index is 381. The fourth-order valence-electron chi connectivity index (χ4n) is 3.58. The molecule has 1 heterocycles. The summed E-state index contributed by atoms with van der Waals surface area (Å²) in [6.45, 7) is 9.28. The Kier molecular flexibility index (Phi) is 6.42. The van der Waals surface area contributed by atoms with Gasteiger partial charge in [-0.2, -0.15) is 4.99 Å². The molecule has 2 atom stereocenters. The van der Waals surface area contributed by atoms with Gasteiger partial charge >= 0.3 is 6.09 Å². The van der Waals surface area contributed by atoms with Crippen LogP contribution in [0.1, 0.15) is 65.7 Å². The van der Waals surface area contributed by atoms with Crippen molar-refractivity contribution in [1.82, 2.24) is 4.90 Å². The summed E-state index contributed by atoms with van der Waals surface area (Å²) in [4.78, 5) is 18.4. The van der Waals surface area contributed by atoms with Crippen LogP contribution in [0.25, 0.3) is 0 Å². The normalized spacial score (nSPS) is 28.0. The van der Waals surface area contributed by atoms with E-state index in [1.807, 2.05) is 27.0 Å². The molecule has 0 aromatic carbocycles. The fraction of sp³-hybridized carbons (Fsp3) is 0.889. The number of likely N-dealkylation sites (tertiary alicyclic amines) is 1. The van der Waals surface area contributed by atoms with Crippen molar-refractivity contribution in [3.8, 4) is 0 Å². The minimum Gasteiger partial charge on any atom is -0.442 e. The standard InChI is InChI=1S/C18H32N2O2/c1-18(2,3)22-17(21)19-13-15-9-5-6-10-16(15)14-20-11-7-4-8-12-20/h13,15-16H,4-12,14H2,1-3H3/b19-13+/t15?,16-/m1/s1. The Morgan fingerprint density at radius 1 is 1.14 bits per heavy atom. The van der Waals surface area contributed by atoms with E-state index in [0.29, 0.717) is 11.8 Å². The van der Waals surface area contributed by atoms with Crippen LogP contribution >= 0.6 is 0 Å². The summed E-state index contributed by atoms with van der Waals surface area (Å²) in [7, 11) is 0. The molecule has 0 bridgehead atoms. The average molecular weight is 308 g/mol. The van der Waals surface area contributed by atoms with E-state index in [0.717, 1.165) is 6.42 Å². The highest BCUT2D eigenvalue weighted by molar-refractivity contribution is 5.80. The minimum absolute atomic E-state index is 0.434. The highest BCUT2D eigenvalue weighted by Crippen LogP contribution is 2.30. The summed E-state index contributed by atoms with van der Waals surface area (Å²) in [5.74, 6) is 1.08. The fourth-order valence-corrected chi connectivity index (χ4v) is 3.58. The van der Waals surface area contributed by atoms with Crippen LogP contribution in [0.15, 0.2) is 4.99 Å². The summed E-state index contributed by atoms with van der Waals surface area (Å²) < 4.78 is 5.27. The summed E-state index contributed by atoms with van der Waals surface area (Å²) in [6.07, 6.45) is 10.5. The molecule has 0 aromatic rings. The second kappa shape index (κ2) is 8.09. The first kappa shape index (κ1) is 17.5. The smallest absolute Gasteiger partial charge is 0.433 e. The lowest BCUT2D eigenvalue weighted by Crippen LogP contribution is -2.38. The van der Waals surface area contributed by atoms with E-state index in [9.17, 15) is 4.79 Å². The van der Waals surface area contributed by atoms with Gasteiger partial charge in [-0.3, -0.25) is 0 Å². The SMILES string of the molecule is CC(C)(C)OC(=O)/N=C/C1CCCC[C@@H]1CN1CCCCC1. The number of carbonyl (C=O) groups excluding carboxylic acids is 1.